The summed E-state index contributed by atoms with van der Waals surface area (Å²) < 4.78 is 84.8. The van der Waals surface area contributed by atoms with E-state index in [1.54, 1.807) is 6.08 Å². The van der Waals surface area contributed by atoms with Crippen LogP contribution in [0.3, 0.4) is 0 Å². The first kappa shape index (κ1) is 20.8. The zero-order valence-electron chi connectivity index (χ0n) is 15.1. The highest BCUT2D eigenvalue weighted by Crippen LogP contribution is 2.33. The van der Waals surface area contributed by atoms with Crippen LogP contribution in [0.15, 0.2) is 55.1 Å². The second kappa shape index (κ2) is 8.19. The Kier molecular flexibility index (Phi) is 5.86. The maximum absolute atomic E-state index is 14.5. The molecule has 3 rings (SSSR count). The molecule has 0 aliphatic rings. The van der Waals surface area contributed by atoms with Crippen molar-refractivity contribution in [3.63, 3.8) is 0 Å². The normalized spacial score (nSPS) is 11.7. The van der Waals surface area contributed by atoms with Crippen molar-refractivity contribution < 1.29 is 31.1 Å². The molecule has 29 heavy (non-hydrogen) atoms. The number of aryl methyl sites for hydroxylation is 1. The van der Waals surface area contributed by atoms with Gasteiger partial charge in [0.25, 0.3) is 0 Å². The lowest BCUT2D eigenvalue weighted by atomic mass is 9.97. The minimum Gasteiger partial charge on any atom is -0.481 e. The van der Waals surface area contributed by atoms with Gasteiger partial charge in [0.1, 0.15) is 11.6 Å². The van der Waals surface area contributed by atoms with Gasteiger partial charge in [-0.1, -0.05) is 24.3 Å². The number of hydrogen-bond donors (Lipinski definition) is 0. The van der Waals surface area contributed by atoms with Crippen molar-refractivity contribution in [2.45, 2.75) is 19.0 Å². The van der Waals surface area contributed by atoms with Crippen LogP contribution in [0.4, 0.5) is 26.3 Å². The Balaban J connectivity index is 1.97. The average molecular weight is 410 g/mol. The molecule has 0 spiro atoms. The molecule has 3 aromatic rings. The first-order chi connectivity index (χ1) is 13.7. The van der Waals surface area contributed by atoms with Crippen LogP contribution in [0.1, 0.15) is 12.0 Å². The van der Waals surface area contributed by atoms with Crippen LogP contribution in [0.5, 0.6) is 5.75 Å². The Morgan fingerprint density at radius 3 is 2.24 bits per heavy atom. The van der Waals surface area contributed by atoms with Crippen molar-refractivity contribution in [3.8, 4) is 16.9 Å². The lowest BCUT2D eigenvalue weighted by Gasteiger charge is -2.12. The van der Waals surface area contributed by atoms with E-state index in [4.69, 9.17) is 0 Å². The van der Waals surface area contributed by atoms with Gasteiger partial charge in [0.15, 0.2) is 18.2 Å². The molecule has 152 valence electrons. The van der Waals surface area contributed by atoms with E-state index in [0.717, 1.165) is 6.07 Å². The first-order valence-electron chi connectivity index (χ1n) is 8.70. The molecule has 0 saturated heterocycles. The minimum absolute atomic E-state index is 0.0168. The highest BCUT2D eigenvalue weighted by Gasteiger charge is 2.29. The van der Waals surface area contributed by atoms with Crippen molar-refractivity contribution in [1.82, 2.24) is 0 Å². The van der Waals surface area contributed by atoms with Crippen LogP contribution < -0.4 is 4.74 Å². The summed E-state index contributed by atoms with van der Waals surface area (Å²) in [6.45, 7) is 1.95. The molecule has 0 radical (unpaired) electrons. The summed E-state index contributed by atoms with van der Waals surface area (Å²) in [4.78, 5) is 0. The van der Waals surface area contributed by atoms with Gasteiger partial charge < -0.3 is 4.74 Å². The summed E-state index contributed by atoms with van der Waals surface area (Å²) in [6.07, 6.45) is -1.93. The Hall–Kier alpha value is -2.96. The highest BCUT2D eigenvalue weighted by atomic mass is 19.4. The van der Waals surface area contributed by atoms with Gasteiger partial charge in [-0.25, -0.2) is 13.2 Å². The van der Waals surface area contributed by atoms with Gasteiger partial charge in [-0.15, -0.1) is 6.58 Å². The molecule has 0 aliphatic heterocycles. The molecule has 0 heterocycles. The predicted octanol–water partition coefficient (Wildman–Crippen LogP) is 6.98. The summed E-state index contributed by atoms with van der Waals surface area (Å²) in [6, 6.07) is 8.80. The molecule has 0 amide bonds. The van der Waals surface area contributed by atoms with E-state index in [1.807, 2.05) is 0 Å². The van der Waals surface area contributed by atoms with Gasteiger partial charge in [-0.05, 0) is 53.6 Å². The highest BCUT2D eigenvalue weighted by molar-refractivity contribution is 5.89. The van der Waals surface area contributed by atoms with Crippen molar-refractivity contribution >= 4 is 10.8 Å². The minimum atomic E-state index is -4.60. The molecule has 0 bridgehead atoms. The smallest absolute Gasteiger partial charge is 0.422 e. The first-order valence-corrected chi connectivity index (χ1v) is 8.70. The monoisotopic (exact) mass is 410 g/mol. The van der Waals surface area contributed by atoms with Gasteiger partial charge >= 0.3 is 6.18 Å². The Morgan fingerprint density at radius 2 is 1.62 bits per heavy atom. The Morgan fingerprint density at radius 1 is 0.931 bits per heavy atom. The third kappa shape index (κ3) is 4.72. The second-order valence-electron chi connectivity index (χ2n) is 6.48. The Labute approximate surface area is 163 Å². The summed E-state index contributed by atoms with van der Waals surface area (Å²) in [5.74, 6) is -3.03. The van der Waals surface area contributed by atoms with Crippen molar-refractivity contribution in [3.05, 3.63) is 78.1 Å². The molecule has 0 atom stereocenters. The van der Waals surface area contributed by atoms with Gasteiger partial charge in [-0.3, -0.25) is 0 Å². The average Bonchev–Trinajstić information content (AvgIpc) is 2.64. The van der Waals surface area contributed by atoms with Crippen molar-refractivity contribution in [1.29, 1.82) is 0 Å². The largest absolute Gasteiger partial charge is 0.481 e. The molecule has 0 aromatic heterocycles. The lowest BCUT2D eigenvalue weighted by molar-refractivity contribution is -0.153. The van der Waals surface area contributed by atoms with Crippen molar-refractivity contribution in [2.75, 3.05) is 6.61 Å². The molecule has 0 saturated carbocycles. The molecule has 0 unspecified atom stereocenters. The maximum atomic E-state index is 14.5. The van der Waals surface area contributed by atoms with E-state index in [9.17, 15) is 26.3 Å². The number of rotatable bonds is 6. The van der Waals surface area contributed by atoms with E-state index in [0.29, 0.717) is 18.4 Å². The lowest BCUT2D eigenvalue weighted by Crippen LogP contribution is -2.19. The predicted molar refractivity (Wildman–Crippen MR) is 99.3 cm³/mol. The summed E-state index contributed by atoms with van der Waals surface area (Å²) >= 11 is 0. The molecule has 3 aromatic carbocycles. The van der Waals surface area contributed by atoms with Crippen LogP contribution in [0.2, 0.25) is 0 Å². The van der Waals surface area contributed by atoms with E-state index in [-0.39, 0.29) is 21.9 Å². The van der Waals surface area contributed by atoms with Gasteiger partial charge in [0.2, 0.25) is 0 Å². The number of alkyl halides is 3. The molecule has 7 heteroatoms. The molecule has 0 fully saturated rings. The summed E-state index contributed by atoms with van der Waals surface area (Å²) in [5.41, 5.74) is 0.417. The maximum Gasteiger partial charge on any atom is 0.422 e. The van der Waals surface area contributed by atoms with Gasteiger partial charge in [-0.2, -0.15) is 13.2 Å². The van der Waals surface area contributed by atoms with E-state index >= 15 is 0 Å². The zero-order valence-corrected chi connectivity index (χ0v) is 15.1. The standard InChI is InChI=1S/C22H16F6O/c1-2-3-4-13-9-17(23)20(18(24)10-13)15-5-7-16-14(11-15)6-8-19(21(16)25)29-12-22(26,27)28/h2,5-11H,1,3-4,12H2. The van der Waals surface area contributed by atoms with Gasteiger partial charge in [0.05, 0.1) is 5.56 Å². The van der Waals surface area contributed by atoms with Crippen LogP contribution in [-0.2, 0) is 6.42 Å². The molecular formula is C22H16F6O. The fourth-order valence-corrected chi connectivity index (χ4v) is 3.01. The van der Waals surface area contributed by atoms with E-state index in [2.05, 4.69) is 11.3 Å². The number of hydrogen-bond acceptors (Lipinski definition) is 1. The quantitative estimate of drug-likeness (QED) is 0.315. The fourth-order valence-electron chi connectivity index (χ4n) is 3.01. The number of fused-ring (bicyclic) bond motifs is 1. The Bertz CT molecular complexity index is 1030. The SMILES string of the molecule is C=CCCc1cc(F)c(-c2ccc3c(F)c(OCC(F)(F)F)ccc3c2)c(F)c1. The topological polar surface area (TPSA) is 9.23 Å². The van der Waals surface area contributed by atoms with Crippen LogP contribution in [0.25, 0.3) is 21.9 Å². The van der Waals surface area contributed by atoms with E-state index in [1.165, 1.54) is 36.4 Å². The molecule has 1 nitrogen and oxygen atoms in total. The fraction of sp³-hybridized carbons (Fsp3) is 0.182. The second-order valence-corrected chi connectivity index (χ2v) is 6.48. The number of halogens is 6. The number of ether oxygens (including phenoxy) is 1. The van der Waals surface area contributed by atoms with Gasteiger partial charge in [0, 0.05) is 5.39 Å². The van der Waals surface area contributed by atoms with Crippen LogP contribution in [-0.4, -0.2) is 12.8 Å². The van der Waals surface area contributed by atoms with Crippen LogP contribution >= 0.6 is 0 Å². The number of benzene rings is 3. The van der Waals surface area contributed by atoms with Crippen molar-refractivity contribution in [2.24, 2.45) is 0 Å². The van der Waals surface area contributed by atoms with Crippen LogP contribution in [0, 0.1) is 17.5 Å². The molecule has 0 aliphatic carbocycles. The summed E-state index contributed by atoms with van der Waals surface area (Å²) in [7, 11) is 0. The third-order valence-electron chi connectivity index (χ3n) is 4.34. The summed E-state index contributed by atoms with van der Waals surface area (Å²) in [5, 5.41) is 0.255. The molecule has 0 N–H and O–H groups in total. The molecular weight excluding hydrogens is 394 g/mol. The van der Waals surface area contributed by atoms with E-state index < -0.39 is 36.0 Å². The zero-order chi connectivity index (χ0) is 21.2. The number of allylic oxidation sites excluding steroid dienone is 1. The third-order valence-corrected chi connectivity index (χ3v) is 4.34.